The molecule has 2 aromatic heterocycles. The Balaban J connectivity index is 1.64. The number of aromatic nitrogens is 4. The fraction of sp³-hybridized carbons (Fsp3) is 0.368. The zero-order chi connectivity index (χ0) is 19.7. The second-order valence-corrected chi connectivity index (χ2v) is 6.90. The number of carbonyl (C=O) groups is 1. The number of amides is 1. The Labute approximate surface area is 167 Å². The van der Waals surface area contributed by atoms with Gasteiger partial charge in [-0.05, 0) is 19.1 Å². The Kier molecular flexibility index (Phi) is 5.15. The van der Waals surface area contributed by atoms with Crippen LogP contribution in [0.2, 0.25) is 5.02 Å². The number of fused-ring (bicyclic) bond motifs is 1. The molecule has 0 fully saturated rings. The molecule has 0 spiro atoms. The van der Waals surface area contributed by atoms with E-state index in [1.165, 1.54) is 0 Å². The Bertz CT molecular complexity index is 1010. The van der Waals surface area contributed by atoms with Gasteiger partial charge in [-0.3, -0.25) is 9.48 Å². The summed E-state index contributed by atoms with van der Waals surface area (Å²) < 4.78 is 12.9. The van der Waals surface area contributed by atoms with Gasteiger partial charge in [0.2, 0.25) is 11.8 Å². The van der Waals surface area contributed by atoms with Crippen molar-refractivity contribution in [3.63, 3.8) is 0 Å². The van der Waals surface area contributed by atoms with Crippen LogP contribution in [0.25, 0.3) is 23.0 Å². The maximum atomic E-state index is 12.4. The first-order valence-electron chi connectivity index (χ1n) is 9.07. The number of benzene rings is 1. The van der Waals surface area contributed by atoms with Gasteiger partial charge in [-0.15, -0.1) is 10.2 Å². The number of rotatable bonds is 5. The minimum atomic E-state index is -0.0374. The van der Waals surface area contributed by atoms with Crippen molar-refractivity contribution in [1.82, 2.24) is 24.9 Å². The molecule has 0 saturated heterocycles. The van der Waals surface area contributed by atoms with E-state index in [0.717, 1.165) is 11.3 Å². The smallest absolute Gasteiger partial charge is 0.268 e. The molecule has 1 aliphatic heterocycles. The largest absolute Gasteiger partial charge is 0.414 e. The highest BCUT2D eigenvalue weighted by Gasteiger charge is 2.29. The number of halogens is 1. The standard InChI is InChI=1S/C19H20ClN5O3/c1-3-27-11-16(26)25-9-8-15-13(10-25)17(23-24(15)2)19-22-21-18(28-19)12-6-4-5-7-14(12)20/h4-7H,3,8-11H2,1-2H3. The molecule has 1 aromatic carbocycles. The van der Waals surface area contributed by atoms with Gasteiger partial charge in [0.25, 0.3) is 5.89 Å². The summed E-state index contributed by atoms with van der Waals surface area (Å²) >= 11 is 6.23. The molecule has 1 aliphatic rings. The van der Waals surface area contributed by atoms with Gasteiger partial charge in [0.1, 0.15) is 6.61 Å². The third kappa shape index (κ3) is 3.41. The van der Waals surface area contributed by atoms with Gasteiger partial charge in [0, 0.05) is 44.4 Å². The van der Waals surface area contributed by atoms with Crippen LogP contribution in [-0.4, -0.2) is 50.5 Å². The molecule has 0 N–H and O–H groups in total. The summed E-state index contributed by atoms with van der Waals surface area (Å²) in [5, 5.41) is 13.4. The molecule has 146 valence electrons. The van der Waals surface area contributed by atoms with Crippen molar-refractivity contribution in [3.05, 3.63) is 40.5 Å². The molecule has 28 heavy (non-hydrogen) atoms. The number of nitrogens with zero attached hydrogens (tertiary/aromatic N) is 5. The van der Waals surface area contributed by atoms with Crippen LogP contribution >= 0.6 is 11.6 Å². The van der Waals surface area contributed by atoms with E-state index >= 15 is 0 Å². The minimum absolute atomic E-state index is 0.0374. The second-order valence-electron chi connectivity index (χ2n) is 6.49. The molecule has 8 nitrogen and oxygen atoms in total. The average molecular weight is 402 g/mol. The van der Waals surface area contributed by atoms with Crippen LogP contribution in [0.1, 0.15) is 18.2 Å². The maximum absolute atomic E-state index is 12.4. The molecule has 9 heteroatoms. The summed E-state index contributed by atoms with van der Waals surface area (Å²) in [4.78, 5) is 14.1. The molecular weight excluding hydrogens is 382 g/mol. The SMILES string of the molecule is CCOCC(=O)N1CCc2c(c(-c3nnc(-c4ccccc4Cl)o3)nn2C)C1. The van der Waals surface area contributed by atoms with Gasteiger partial charge < -0.3 is 14.1 Å². The van der Waals surface area contributed by atoms with Crippen LogP contribution < -0.4 is 0 Å². The van der Waals surface area contributed by atoms with Crippen molar-refractivity contribution in [2.24, 2.45) is 7.05 Å². The van der Waals surface area contributed by atoms with Crippen molar-refractivity contribution in [2.45, 2.75) is 19.9 Å². The van der Waals surface area contributed by atoms with Gasteiger partial charge >= 0.3 is 0 Å². The van der Waals surface area contributed by atoms with Crippen LogP contribution in [-0.2, 0) is 29.5 Å². The molecule has 1 amide bonds. The lowest BCUT2D eigenvalue weighted by Crippen LogP contribution is -2.38. The molecule has 3 aromatic rings. The summed E-state index contributed by atoms with van der Waals surface area (Å²) in [6.45, 7) is 3.53. The monoisotopic (exact) mass is 401 g/mol. The first-order valence-corrected chi connectivity index (χ1v) is 9.45. The van der Waals surface area contributed by atoms with Gasteiger partial charge in [-0.25, -0.2) is 0 Å². The van der Waals surface area contributed by atoms with Crippen LogP contribution in [0.5, 0.6) is 0 Å². The lowest BCUT2D eigenvalue weighted by Gasteiger charge is -2.27. The van der Waals surface area contributed by atoms with Gasteiger partial charge in [-0.1, -0.05) is 23.7 Å². The molecule has 0 bridgehead atoms. The molecular formula is C19H20ClN5O3. The first-order chi connectivity index (χ1) is 13.6. The summed E-state index contributed by atoms with van der Waals surface area (Å²) in [6, 6.07) is 7.29. The van der Waals surface area contributed by atoms with Crippen molar-refractivity contribution >= 4 is 17.5 Å². The summed E-state index contributed by atoms with van der Waals surface area (Å²) in [7, 11) is 1.88. The predicted octanol–water partition coefficient (Wildman–Crippen LogP) is 2.71. The number of ether oxygens (including phenoxy) is 1. The quantitative estimate of drug-likeness (QED) is 0.653. The number of carbonyl (C=O) groups excluding carboxylic acids is 1. The lowest BCUT2D eigenvalue weighted by atomic mass is 10.0. The molecule has 0 radical (unpaired) electrons. The Hall–Kier alpha value is -2.71. The van der Waals surface area contributed by atoms with E-state index in [1.807, 2.05) is 36.9 Å². The fourth-order valence-corrected chi connectivity index (χ4v) is 3.54. The fourth-order valence-electron chi connectivity index (χ4n) is 3.32. The van der Waals surface area contributed by atoms with Crippen LogP contribution in [0.4, 0.5) is 0 Å². The average Bonchev–Trinajstić information content (AvgIpc) is 3.31. The Morgan fingerprint density at radius 2 is 2.07 bits per heavy atom. The minimum Gasteiger partial charge on any atom is -0.414 e. The van der Waals surface area contributed by atoms with E-state index < -0.39 is 0 Å². The number of hydrogen-bond donors (Lipinski definition) is 0. The van der Waals surface area contributed by atoms with Crippen LogP contribution in [0.3, 0.4) is 0 Å². The normalized spacial score (nSPS) is 13.6. The number of hydrogen-bond acceptors (Lipinski definition) is 6. The van der Waals surface area contributed by atoms with Crippen LogP contribution in [0, 0.1) is 0 Å². The number of aryl methyl sites for hydroxylation is 1. The summed E-state index contributed by atoms with van der Waals surface area (Å²) in [5.41, 5.74) is 3.25. The molecule has 4 rings (SSSR count). The first kappa shape index (κ1) is 18.6. The highest BCUT2D eigenvalue weighted by Crippen LogP contribution is 2.32. The third-order valence-corrected chi connectivity index (χ3v) is 5.09. The third-order valence-electron chi connectivity index (χ3n) is 4.76. The van der Waals surface area contributed by atoms with E-state index in [1.54, 1.807) is 11.0 Å². The van der Waals surface area contributed by atoms with Crippen molar-refractivity contribution in [3.8, 4) is 23.0 Å². The zero-order valence-electron chi connectivity index (χ0n) is 15.7. The highest BCUT2D eigenvalue weighted by atomic mass is 35.5. The molecule has 0 aliphatic carbocycles. The maximum Gasteiger partial charge on any atom is 0.268 e. The topological polar surface area (TPSA) is 86.3 Å². The Morgan fingerprint density at radius 1 is 1.29 bits per heavy atom. The summed E-state index contributed by atoms with van der Waals surface area (Å²) in [5.74, 6) is 0.607. The molecule has 0 unspecified atom stereocenters. The van der Waals surface area contributed by atoms with Crippen molar-refractivity contribution < 1.29 is 13.9 Å². The zero-order valence-corrected chi connectivity index (χ0v) is 16.4. The van der Waals surface area contributed by atoms with E-state index in [-0.39, 0.29) is 12.5 Å². The van der Waals surface area contributed by atoms with Gasteiger partial charge in [0.05, 0.1) is 10.6 Å². The lowest BCUT2D eigenvalue weighted by molar-refractivity contribution is -0.136. The van der Waals surface area contributed by atoms with E-state index in [0.29, 0.717) is 54.2 Å². The van der Waals surface area contributed by atoms with E-state index in [9.17, 15) is 4.79 Å². The van der Waals surface area contributed by atoms with E-state index in [2.05, 4.69) is 15.3 Å². The highest BCUT2D eigenvalue weighted by molar-refractivity contribution is 6.33. The van der Waals surface area contributed by atoms with Crippen molar-refractivity contribution in [1.29, 1.82) is 0 Å². The van der Waals surface area contributed by atoms with E-state index in [4.69, 9.17) is 20.8 Å². The van der Waals surface area contributed by atoms with Crippen LogP contribution in [0.15, 0.2) is 28.7 Å². The molecule has 0 atom stereocenters. The molecule has 0 saturated carbocycles. The van der Waals surface area contributed by atoms with Gasteiger partial charge in [0.15, 0.2) is 5.69 Å². The van der Waals surface area contributed by atoms with Crippen molar-refractivity contribution in [2.75, 3.05) is 19.8 Å². The predicted molar refractivity (Wildman–Crippen MR) is 103 cm³/mol. The molecule has 3 heterocycles. The summed E-state index contributed by atoms with van der Waals surface area (Å²) in [6.07, 6.45) is 0.711. The Morgan fingerprint density at radius 3 is 2.86 bits per heavy atom. The second kappa shape index (κ2) is 7.73. The van der Waals surface area contributed by atoms with Gasteiger partial charge in [-0.2, -0.15) is 5.10 Å².